The molecule has 0 amide bonds. The molecule has 3 aliphatic rings. The fourth-order valence-corrected chi connectivity index (χ4v) is 6.31. The Morgan fingerprint density at radius 2 is 1.44 bits per heavy atom. The average molecular weight is 456 g/mol. The maximum atomic E-state index is 14.2. The van der Waals surface area contributed by atoms with Crippen molar-refractivity contribution < 1.29 is 35.5 Å². The molecule has 2 aromatic carbocycles. The standard InChI is InChI=1S/C24H19F7O/c1-9-2-5-13-16-10-3-4-11(6-10)17(16)18(13)14(9)7-12(32)8-15-20(25)22(27)19(24(29,30)31)23(28)21(15)26/h2,5,10-11,16-17H,3-4,6-8H2,1H3. The van der Waals surface area contributed by atoms with Crippen LogP contribution in [0.25, 0.3) is 0 Å². The number of Topliss-reactive ketones (excluding diaryl/α,β-unsaturated/α-hetero) is 1. The molecule has 0 heterocycles. The van der Waals surface area contributed by atoms with Crippen molar-refractivity contribution >= 4 is 5.78 Å². The molecule has 2 bridgehead atoms. The number of fused-ring (bicyclic) bond motifs is 8. The molecule has 32 heavy (non-hydrogen) atoms. The molecule has 0 radical (unpaired) electrons. The Kier molecular flexibility index (Phi) is 4.73. The van der Waals surface area contributed by atoms with E-state index >= 15 is 0 Å². The highest BCUT2D eigenvalue weighted by atomic mass is 19.4. The number of carbonyl (C=O) groups excluding carboxylic acids is 1. The van der Waals surface area contributed by atoms with Gasteiger partial charge >= 0.3 is 6.18 Å². The molecule has 0 aliphatic heterocycles. The lowest BCUT2D eigenvalue weighted by Crippen LogP contribution is -2.32. The lowest BCUT2D eigenvalue weighted by molar-refractivity contribution is -0.143. The van der Waals surface area contributed by atoms with Crippen LogP contribution in [0.15, 0.2) is 12.1 Å². The molecular formula is C24H19F7O. The highest BCUT2D eigenvalue weighted by Gasteiger charge is 2.56. The van der Waals surface area contributed by atoms with E-state index in [1.807, 2.05) is 13.0 Å². The van der Waals surface area contributed by atoms with Gasteiger partial charge in [0.05, 0.1) is 0 Å². The zero-order valence-electron chi connectivity index (χ0n) is 17.1. The fourth-order valence-electron chi connectivity index (χ4n) is 6.31. The molecule has 0 aromatic heterocycles. The van der Waals surface area contributed by atoms with Crippen LogP contribution in [0.2, 0.25) is 0 Å². The molecule has 4 unspecified atom stereocenters. The number of carbonyl (C=O) groups is 1. The van der Waals surface area contributed by atoms with Gasteiger partial charge in [0.15, 0.2) is 23.3 Å². The second-order valence-electron chi connectivity index (χ2n) is 9.25. The van der Waals surface area contributed by atoms with Gasteiger partial charge in [0.2, 0.25) is 0 Å². The van der Waals surface area contributed by atoms with Gasteiger partial charge in [-0.25, -0.2) is 17.6 Å². The summed E-state index contributed by atoms with van der Waals surface area (Å²) in [5, 5.41) is 0. The summed E-state index contributed by atoms with van der Waals surface area (Å²) in [4.78, 5) is 12.7. The van der Waals surface area contributed by atoms with E-state index in [0.29, 0.717) is 23.7 Å². The molecule has 2 aromatic rings. The summed E-state index contributed by atoms with van der Waals surface area (Å²) in [5.74, 6) is -8.12. The Balaban J connectivity index is 1.45. The van der Waals surface area contributed by atoms with Crippen molar-refractivity contribution in [2.75, 3.05) is 0 Å². The van der Waals surface area contributed by atoms with Crippen LogP contribution in [-0.4, -0.2) is 5.78 Å². The first-order chi connectivity index (χ1) is 15.0. The number of rotatable bonds is 4. The van der Waals surface area contributed by atoms with Gasteiger partial charge in [0, 0.05) is 18.4 Å². The number of halogens is 7. The molecule has 5 rings (SSSR count). The van der Waals surface area contributed by atoms with Gasteiger partial charge in [-0.05, 0) is 72.1 Å². The summed E-state index contributed by atoms with van der Waals surface area (Å²) in [6, 6.07) is 3.95. The smallest absolute Gasteiger partial charge is 0.299 e. The third kappa shape index (κ3) is 2.94. The van der Waals surface area contributed by atoms with Crippen LogP contribution in [0.1, 0.15) is 64.5 Å². The van der Waals surface area contributed by atoms with Crippen LogP contribution < -0.4 is 0 Å². The van der Waals surface area contributed by atoms with Crippen LogP contribution in [0.5, 0.6) is 0 Å². The van der Waals surface area contributed by atoms with Gasteiger partial charge in [-0.1, -0.05) is 12.1 Å². The summed E-state index contributed by atoms with van der Waals surface area (Å²) in [6.45, 7) is 1.82. The molecule has 0 saturated heterocycles. The quantitative estimate of drug-likeness (QED) is 0.377. The Hall–Kier alpha value is -2.38. The zero-order chi connectivity index (χ0) is 23.1. The molecule has 8 heteroatoms. The molecule has 170 valence electrons. The maximum absolute atomic E-state index is 14.2. The van der Waals surface area contributed by atoms with E-state index in [2.05, 4.69) is 6.07 Å². The molecule has 0 spiro atoms. The minimum absolute atomic E-state index is 0.196. The van der Waals surface area contributed by atoms with Crippen molar-refractivity contribution in [3.05, 3.63) is 68.8 Å². The minimum atomic E-state index is -5.61. The molecule has 1 nitrogen and oxygen atoms in total. The van der Waals surface area contributed by atoms with Gasteiger partial charge in [-0.15, -0.1) is 0 Å². The molecule has 3 aliphatic carbocycles. The van der Waals surface area contributed by atoms with Gasteiger partial charge in [-0.3, -0.25) is 4.79 Å². The monoisotopic (exact) mass is 456 g/mol. The predicted octanol–water partition coefficient (Wildman–Crippen LogP) is 6.54. The number of hydrogen-bond donors (Lipinski definition) is 0. The van der Waals surface area contributed by atoms with Crippen LogP contribution in [0.4, 0.5) is 30.7 Å². The second kappa shape index (κ2) is 7.06. The van der Waals surface area contributed by atoms with Gasteiger partial charge in [-0.2, -0.15) is 13.2 Å². The topological polar surface area (TPSA) is 17.1 Å². The maximum Gasteiger partial charge on any atom is 0.422 e. The Morgan fingerprint density at radius 3 is 2.03 bits per heavy atom. The lowest BCUT2D eigenvalue weighted by atomic mass is 9.59. The first-order valence-corrected chi connectivity index (χ1v) is 10.6. The van der Waals surface area contributed by atoms with Crippen LogP contribution in [-0.2, 0) is 23.8 Å². The summed E-state index contributed by atoms with van der Waals surface area (Å²) in [6.07, 6.45) is -3.37. The summed E-state index contributed by atoms with van der Waals surface area (Å²) >= 11 is 0. The molecule has 2 saturated carbocycles. The van der Waals surface area contributed by atoms with E-state index < -0.39 is 52.8 Å². The Labute approximate surface area is 179 Å². The third-order valence-corrected chi connectivity index (χ3v) is 7.62. The van der Waals surface area contributed by atoms with E-state index in [0.717, 1.165) is 29.5 Å². The van der Waals surface area contributed by atoms with Crippen molar-refractivity contribution in [1.29, 1.82) is 0 Å². The number of alkyl halides is 3. The average Bonchev–Trinajstić information content (AvgIpc) is 3.26. The largest absolute Gasteiger partial charge is 0.422 e. The lowest BCUT2D eigenvalue weighted by Gasteiger charge is -2.44. The van der Waals surface area contributed by atoms with Gasteiger partial charge in [0.25, 0.3) is 0 Å². The van der Waals surface area contributed by atoms with Crippen molar-refractivity contribution in [1.82, 2.24) is 0 Å². The van der Waals surface area contributed by atoms with Crippen LogP contribution in [0.3, 0.4) is 0 Å². The highest BCUT2D eigenvalue weighted by Crippen LogP contribution is 2.68. The number of hydrogen-bond acceptors (Lipinski definition) is 1. The minimum Gasteiger partial charge on any atom is -0.299 e. The van der Waals surface area contributed by atoms with Crippen LogP contribution in [0, 0.1) is 42.0 Å². The third-order valence-electron chi connectivity index (χ3n) is 7.62. The second-order valence-corrected chi connectivity index (χ2v) is 9.25. The van der Waals surface area contributed by atoms with Crippen LogP contribution >= 0.6 is 0 Å². The molecule has 2 fully saturated rings. The van der Waals surface area contributed by atoms with Crippen molar-refractivity contribution in [3.8, 4) is 0 Å². The zero-order valence-corrected chi connectivity index (χ0v) is 17.1. The number of aryl methyl sites for hydroxylation is 1. The van der Waals surface area contributed by atoms with Gasteiger partial charge in [0.1, 0.15) is 11.3 Å². The van der Waals surface area contributed by atoms with E-state index in [-0.39, 0.29) is 6.42 Å². The summed E-state index contributed by atoms with van der Waals surface area (Å²) < 4.78 is 94.5. The first kappa shape index (κ1) is 21.5. The van der Waals surface area contributed by atoms with Crippen molar-refractivity contribution in [2.45, 2.75) is 57.0 Å². The van der Waals surface area contributed by atoms with E-state index in [1.165, 1.54) is 12.0 Å². The Morgan fingerprint density at radius 1 is 0.875 bits per heavy atom. The van der Waals surface area contributed by atoms with E-state index in [1.54, 1.807) is 0 Å². The fraction of sp³-hybridized carbons (Fsp3) is 0.458. The molecular weight excluding hydrogens is 437 g/mol. The van der Waals surface area contributed by atoms with E-state index in [4.69, 9.17) is 0 Å². The summed E-state index contributed by atoms with van der Waals surface area (Å²) in [7, 11) is 0. The highest BCUT2D eigenvalue weighted by molar-refractivity contribution is 5.84. The van der Waals surface area contributed by atoms with E-state index in [9.17, 15) is 35.5 Å². The van der Waals surface area contributed by atoms with Gasteiger partial charge < -0.3 is 0 Å². The normalized spacial score (nSPS) is 25.5. The number of benzene rings is 2. The SMILES string of the molecule is Cc1ccc2c(c1CC(=O)Cc1c(F)c(F)c(C(F)(F)F)c(F)c1F)C1C3CCC(C3)C21. The first-order valence-electron chi connectivity index (χ1n) is 10.6. The van der Waals surface area contributed by atoms with Crippen molar-refractivity contribution in [3.63, 3.8) is 0 Å². The Bertz CT molecular complexity index is 1120. The molecule has 0 N–H and O–H groups in total. The molecule has 4 atom stereocenters. The number of ketones is 1. The summed E-state index contributed by atoms with van der Waals surface area (Å²) in [5.41, 5.74) is -0.0608. The van der Waals surface area contributed by atoms with Crippen molar-refractivity contribution in [2.24, 2.45) is 11.8 Å². The predicted molar refractivity (Wildman–Crippen MR) is 101 cm³/mol.